The van der Waals surface area contributed by atoms with Gasteiger partial charge in [-0.1, -0.05) is 12.1 Å². The zero-order valence-electron chi connectivity index (χ0n) is 16.7. The molecule has 0 atom stereocenters. The molecule has 1 aliphatic rings. The maximum absolute atomic E-state index is 12.7. The first-order valence-corrected chi connectivity index (χ1v) is 10.9. The topological polar surface area (TPSA) is 111 Å². The Morgan fingerprint density at radius 1 is 1.09 bits per heavy atom. The summed E-state index contributed by atoms with van der Waals surface area (Å²) < 4.78 is 65.6. The van der Waals surface area contributed by atoms with Crippen molar-refractivity contribution in [2.45, 2.75) is 11.5 Å². The van der Waals surface area contributed by atoms with Crippen molar-refractivity contribution in [3.8, 4) is 5.75 Å². The van der Waals surface area contributed by atoms with E-state index in [0.717, 1.165) is 6.07 Å². The molecule has 32 heavy (non-hydrogen) atoms. The fourth-order valence-corrected chi connectivity index (χ4v) is 4.34. The Kier molecular flexibility index (Phi) is 7.72. The number of nitrogens with one attached hydrogen (secondary N) is 1. The van der Waals surface area contributed by atoms with Crippen LogP contribution in [0.15, 0.2) is 53.4 Å². The number of halogens is 2. The maximum Gasteiger partial charge on any atom is 0.387 e. The first kappa shape index (κ1) is 23.6. The van der Waals surface area contributed by atoms with Gasteiger partial charge >= 0.3 is 12.6 Å². The van der Waals surface area contributed by atoms with E-state index in [0.29, 0.717) is 13.2 Å². The molecule has 0 saturated carbocycles. The van der Waals surface area contributed by atoms with Crippen molar-refractivity contribution >= 4 is 27.6 Å². The van der Waals surface area contributed by atoms with E-state index in [4.69, 9.17) is 9.47 Å². The van der Waals surface area contributed by atoms with Crippen LogP contribution in [0.2, 0.25) is 0 Å². The van der Waals surface area contributed by atoms with E-state index in [9.17, 15) is 26.8 Å². The number of nitrogens with zero attached hydrogens (tertiary/aromatic N) is 1. The second kappa shape index (κ2) is 10.5. The molecule has 1 fully saturated rings. The van der Waals surface area contributed by atoms with Crippen LogP contribution in [0.4, 0.5) is 14.5 Å². The molecule has 0 unspecified atom stereocenters. The zero-order chi connectivity index (χ0) is 23.1. The van der Waals surface area contributed by atoms with E-state index in [1.54, 1.807) is 0 Å². The summed E-state index contributed by atoms with van der Waals surface area (Å²) in [6.45, 7) is -2.64. The number of morpholine rings is 1. The molecule has 3 rings (SSSR count). The van der Waals surface area contributed by atoms with Gasteiger partial charge < -0.3 is 19.5 Å². The fraction of sp³-hybridized carbons (Fsp3) is 0.300. The lowest BCUT2D eigenvalue weighted by Gasteiger charge is -2.26. The third-order valence-electron chi connectivity index (χ3n) is 4.35. The summed E-state index contributed by atoms with van der Waals surface area (Å²) in [5, 5.41) is 2.45. The molecular weight excluding hydrogens is 450 g/mol. The number of carbonyl (C=O) groups excluding carboxylic acids is 2. The van der Waals surface area contributed by atoms with Crippen molar-refractivity contribution in [3.05, 3.63) is 54.1 Å². The second-order valence-electron chi connectivity index (χ2n) is 6.57. The van der Waals surface area contributed by atoms with Gasteiger partial charge in [0.1, 0.15) is 5.75 Å². The van der Waals surface area contributed by atoms with Crippen LogP contribution in [0.3, 0.4) is 0 Å². The van der Waals surface area contributed by atoms with Gasteiger partial charge in [0.25, 0.3) is 5.91 Å². The molecule has 0 spiro atoms. The lowest BCUT2D eigenvalue weighted by molar-refractivity contribution is -0.119. The fourth-order valence-electron chi connectivity index (χ4n) is 2.88. The highest BCUT2D eigenvalue weighted by molar-refractivity contribution is 7.89. The van der Waals surface area contributed by atoms with Crippen molar-refractivity contribution in [1.29, 1.82) is 0 Å². The van der Waals surface area contributed by atoms with E-state index >= 15 is 0 Å². The Hall–Kier alpha value is -3.09. The summed E-state index contributed by atoms with van der Waals surface area (Å²) in [6.07, 6.45) is 0. The standard InChI is InChI=1S/C20H20F2N2O7S/c21-20(22)31-16-5-1-3-14(11-16)19(26)30-13-18(25)23-15-4-2-6-17(12-15)32(27,28)24-7-9-29-10-8-24/h1-6,11-12,20H,7-10,13H2,(H,23,25). The molecule has 1 aliphatic heterocycles. The predicted octanol–water partition coefficient (Wildman–Crippen LogP) is 2.10. The normalized spacial score (nSPS) is 14.7. The smallest absolute Gasteiger partial charge is 0.387 e. The van der Waals surface area contributed by atoms with Gasteiger partial charge in [-0.2, -0.15) is 13.1 Å². The first-order chi connectivity index (χ1) is 15.3. The summed E-state index contributed by atoms with van der Waals surface area (Å²) >= 11 is 0. The number of benzene rings is 2. The molecule has 9 nitrogen and oxygen atoms in total. The molecule has 2 aromatic carbocycles. The minimum Gasteiger partial charge on any atom is -0.452 e. The number of sulfonamides is 1. The van der Waals surface area contributed by atoms with Gasteiger partial charge in [-0.15, -0.1) is 0 Å². The van der Waals surface area contributed by atoms with E-state index in [2.05, 4.69) is 10.1 Å². The molecule has 0 radical (unpaired) electrons. The monoisotopic (exact) mass is 470 g/mol. The van der Waals surface area contributed by atoms with Crippen LogP contribution in [-0.4, -0.2) is 64.1 Å². The van der Waals surface area contributed by atoms with Crippen LogP contribution in [0.25, 0.3) is 0 Å². The molecule has 1 amide bonds. The summed E-state index contributed by atoms with van der Waals surface area (Å²) in [4.78, 5) is 24.2. The Bertz CT molecular complexity index is 1070. The van der Waals surface area contributed by atoms with Gasteiger partial charge in [0.05, 0.1) is 23.7 Å². The van der Waals surface area contributed by atoms with Crippen molar-refractivity contribution in [2.24, 2.45) is 0 Å². The van der Waals surface area contributed by atoms with Gasteiger partial charge in [-0.05, 0) is 36.4 Å². The molecule has 1 heterocycles. The van der Waals surface area contributed by atoms with Crippen LogP contribution in [0.5, 0.6) is 5.75 Å². The number of alkyl halides is 2. The number of amides is 1. The minimum atomic E-state index is -3.74. The van der Waals surface area contributed by atoms with Crippen LogP contribution >= 0.6 is 0 Å². The minimum absolute atomic E-state index is 0.00467. The van der Waals surface area contributed by atoms with Gasteiger partial charge in [0.2, 0.25) is 10.0 Å². The summed E-state index contributed by atoms with van der Waals surface area (Å²) in [5.74, 6) is -1.85. The number of anilines is 1. The predicted molar refractivity (Wildman–Crippen MR) is 108 cm³/mol. The largest absolute Gasteiger partial charge is 0.452 e. The van der Waals surface area contributed by atoms with Gasteiger partial charge in [-0.25, -0.2) is 13.2 Å². The molecular formula is C20H20F2N2O7S. The third kappa shape index (κ3) is 6.22. The number of hydrogen-bond donors (Lipinski definition) is 1. The van der Waals surface area contributed by atoms with Crippen molar-refractivity contribution < 1.29 is 41.0 Å². The number of hydrogen-bond acceptors (Lipinski definition) is 7. The SMILES string of the molecule is O=C(COC(=O)c1cccc(OC(F)F)c1)Nc1cccc(S(=O)(=O)N2CCOCC2)c1. The van der Waals surface area contributed by atoms with Crippen LogP contribution in [0.1, 0.15) is 10.4 Å². The number of rotatable bonds is 8. The third-order valence-corrected chi connectivity index (χ3v) is 6.25. The van der Waals surface area contributed by atoms with Crippen molar-refractivity contribution in [3.63, 3.8) is 0 Å². The van der Waals surface area contributed by atoms with Crippen LogP contribution in [0, 0.1) is 0 Å². The lowest BCUT2D eigenvalue weighted by atomic mass is 10.2. The Balaban J connectivity index is 1.58. The Labute approximate surface area is 182 Å². The van der Waals surface area contributed by atoms with E-state index in [1.807, 2.05) is 0 Å². The van der Waals surface area contributed by atoms with E-state index in [1.165, 1.54) is 46.8 Å². The highest BCUT2D eigenvalue weighted by atomic mass is 32.2. The quantitative estimate of drug-likeness (QED) is 0.588. The first-order valence-electron chi connectivity index (χ1n) is 9.45. The molecule has 12 heteroatoms. The lowest BCUT2D eigenvalue weighted by Crippen LogP contribution is -2.40. The van der Waals surface area contributed by atoms with Gasteiger partial charge in [-0.3, -0.25) is 4.79 Å². The molecule has 0 aliphatic carbocycles. The van der Waals surface area contributed by atoms with E-state index < -0.39 is 35.1 Å². The van der Waals surface area contributed by atoms with E-state index in [-0.39, 0.29) is 35.0 Å². The molecule has 0 aromatic heterocycles. The molecule has 172 valence electrons. The summed E-state index contributed by atoms with van der Waals surface area (Å²) in [6, 6.07) is 10.6. The highest BCUT2D eigenvalue weighted by Gasteiger charge is 2.26. The average Bonchev–Trinajstić information content (AvgIpc) is 2.78. The van der Waals surface area contributed by atoms with Crippen molar-refractivity contribution in [2.75, 3.05) is 38.2 Å². The molecule has 0 bridgehead atoms. The Morgan fingerprint density at radius 3 is 2.53 bits per heavy atom. The highest BCUT2D eigenvalue weighted by Crippen LogP contribution is 2.21. The summed E-state index contributed by atoms with van der Waals surface area (Å²) in [7, 11) is -3.74. The molecule has 1 N–H and O–H groups in total. The van der Waals surface area contributed by atoms with Crippen LogP contribution in [-0.2, 0) is 24.3 Å². The number of carbonyl (C=O) groups is 2. The maximum atomic E-state index is 12.7. The van der Waals surface area contributed by atoms with Gasteiger partial charge in [0.15, 0.2) is 6.61 Å². The molecule has 1 saturated heterocycles. The number of ether oxygens (including phenoxy) is 3. The van der Waals surface area contributed by atoms with Crippen molar-refractivity contribution in [1.82, 2.24) is 4.31 Å². The number of esters is 1. The summed E-state index contributed by atoms with van der Waals surface area (Å²) in [5.41, 5.74) is 0.127. The van der Waals surface area contributed by atoms with Crippen LogP contribution < -0.4 is 10.1 Å². The molecule has 2 aromatic rings. The second-order valence-corrected chi connectivity index (χ2v) is 8.51. The Morgan fingerprint density at radius 2 is 1.81 bits per heavy atom. The average molecular weight is 470 g/mol. The van der Waals surface area contributed by atoms with Gasteiger partial charge in [0, 0.05) is 18.8 Å². The zero-order valence-corrected chi connectivity index (χ0v) is 17.5.